The molecule has 0 saturated carbocycles. The second-order valence-electron chi connectivity index (χ2n) is 15.2. The lowest BCUT2D eigenvalue weighted by Gasteiger charge is -2.21. The molecule has 14 heteroatoms. The lowest BCUT2D eigenvalue weighted by Crippen LogP contribution is -2.32. The van der Waals surface area contributed by atoms with Gasteiger partial charge in [-0.2, -0.15) is 13.2 Å². The van der Waals surface area contributed by atoms with Gasteiger partial charge in [0.1, 0.15) is 6.54 Å². The van der Waals surface area contributed by atoms with E-state index >= 15 is 0 Å². The number of para-hydroxylation sites is 2. The van der Waals surface area contributed by atoms with Crippen LogP contribution in [-0.2, 0) is 24.1 Å². The SMILES string of the molecule is CCn1cc(C2CCN(C(=O)c3ccc(Cl)c(Cl)c3)C2)c2ccccc21.CN(C)C(=O)Cn1cc(C2CCN(C(=S)Nc3cccc(C(F)(F)F)c3)C2)c2ccccc21. The first-order valence-electron chi connectivity index (χ1n) is 19.5. The average molecular weight is 862 g/mol. The highest BCUT2D eigenvalue weighted by molar-refractivity contribution is 7.80. The van der Waals surface area contributed by atoms with Gasteiger partial charge in [-0.1, -0.05) is 65.7 Å². The highest BCUT2D eigenvalue weighted by atomic mass is 35.5. The molecule has 2 fully saturated rings. The summed E-state index contributed by atoms with van der Waals surface area (Å²) < 4.78 is 43.3. The molecular formula is C45H45Cl2F3N6O2S. The Balaban J connectivity index is 0.000000184. The van der Waals surface area contributed by atoms with E-state index in [4.69, 9.17) is 35.4 Å². The zero-order valence-electron chi connectivity index (χ0n) is 33.0. The van der Waals surface area contributed by atoms with Crippen LogP contribution in [0, 0.1) is 0 Å². The summed E-state index contributed by atoms with van der Waals surface area (Å²) in [5, 5.41) is 6.64. The predicted octanol–water partition coefficient (Wildman–Crippen LogP) is 10.5. The molecule has 2 atom stereocenters. The highest BCUT2D eigenvalue weighted by Crippen LogP contribution is 2.37. The van der Waals surface area contributed by atoms with E-state index in [0.717, 1.165) is 61.1 Å². The lowest BCUT2D eigenvalue weighted by atomic mass is 9.98. The fourth-order valence-electron chi connectivity index (χ4n) is 8.07. The van der Waals surface area contributed by atoms with E-state index in [2.05, 4.69) is 53.3 Å². The lowest BCUT2D eigenvalue weighted by molar-refractivity contribution is -0.137. The van der Waals surface area contributed by atoms with Crippen LogP contribution in [0.1, 0.15) is 58.6 Å². The van der Waals surface area contributed by atoms with Crippen molar-refractivity contribution >= 4 is 79.8 Å². The molecule has 4 aromatic carbocycles. The number of rotatable bonds is 7. The quantitative estimate of drug-likeness (QED) is 0.162. The molecule has 8 nitrogen and oxygen atoms in total. The number of aryl methyl sites for hydroxylation is 1. The van der Waals surface area contributed by atoms with Crippen LogP contribution in [-0.4, -0.2) is 81.0 Å². The molecule has 0 radical (unpaired) electrons. The molecular weight excluding hydrogens is 817 g/mol. The molecule has 8 rings (SSSR count). The van der Waals surface area contributed by atoms with Crippen molar-refractivity contribution in [3.05, 3.63) is 136 Å². The van der Waals surface area contributed by atoms with Crippen molar-refractivity contribution in [2.75, 3.05) is 45.6 Å². The van der Waals surface area contributed by atoms with Crippen molar-refractivity contribution in [2.24, 2.45) is 0 Å². The summed E-state index contributed by atoms with van der Waals surface area (Å²) in [6, 6.07) is 26.6. The maximum absolute atomic E-state index is 13.0. The highest BCUT2D eigenvalue weighted by Gasteiger charge is 2.32. The van der Waals surface area contributed by atoms with Crippen molar-refractivity contribution in [1.82, 2.24) is 23.8 Å². The molecule has 2 amide bonds. The van der Waals surface area contributed by atoms with Crippen LogP contribution in [0.3, 0.4) is 0 Å². The first-order valence-corrected chi connectivity index (χ1v) is 20.7. The van der Waals surface area contributed by atoms with Crippen LogP contribution >= 0.6 is 35.4 Å². The second-order valence-corrected chi connectivity index (χ2v) is 16.4. The van der Waals surface area contributed by atoms with E-state index < -0.39 is 11.7 Å². The van der Waals surface area contributed by atoms with Gasteiger partial charge in [0.25, 0.3) is 5.91 Å². The molecule has 308 valence electrons. The Bertz CT molecular complexity index is 2520. The first-order chi connectivity index (χ1) is 28.2. The van der Waals surface area contributed by atoms with E-state index in [1.807, 2.05) is 38.8 Å². The summed E-state index contributed by atoms with van der Waals surface area (Å²) >= 11 is 17.5. The van der Waals surface area contributed by atoms with Crippen LogP contribution in [0.25, 0.3) is 21.8 Å². The smallest absolute Gasteiger partial charge is 0.348 e. The molecule has 2 aliphatic heterocycles. The third-order valence-electron chi connectivity index (χ3n) is 11.2. The van der Waals surface area contributed by atoms with Crippen molar-refractivity contribution in [3.8, 4) is 0 Å². The van der Waals surface area contributed by atoms with Crippen molar-refractivity contribution < 1.29 is 22.8 Å². The Morgan fingerprint density at radius 3 is 1.98 bits per heavy atom. The van der Waals surface area contributed by atoms with Gasteiger partial charge in [-0.15, -0.1) is 0 Å². The number of carbonyl (C=O) groups is 2. The number of fused-ring (bicyclic) bond motifs is 2. The Kier molecular flexibility index (Phi) is 12.6. The zero-order valence-corrected chi connectivity index (χ0v) is 35.3. The Labute approximate surface area is 357 Å². The zero-order chi connectivity index (χ0) is 42.0. The number of benzene rings is 4. The van der Waals surface area contributed by atoms with Crippen molar-refractivity contribution in [3.63, 3.8) is 0 Å². The Hall–Kier alpha value is -5.04. The van der Waals surface area contributed by atoms with Gasteiger partial charge in [-0.25, -0.2) is 0 Å². The van der Waals surface area contributed by atoms with Crippen LogP contribution in [0.2, 0.25) is 10.0 Å². The molecule has 4 heterocycles. The summed E-state index contributed by atoms with van der Waals surface area (Å²) in [5.74, 6) is 0.596. The Morgan fingerprint density at radius 2 is 1.37 bits per heavy atom. The van der Waals surface area contributed by atoms with Crippen molar-refractivity contribution in [1.29, 1.82) is 0 Å². The number of carbonyl (C=O) groups excluding carboxylic acids is 2. The molecule has 1 N–H and O–H groups in total. The van der Waals surface area contributed by atoms with Crippen LogP contribution in [0.15, 0.2) is 103 Å². The van der Waals surface area contributed by atoms with E-state index in [9.17, 15) is 22.8 Å². The third-order valence-corrected chi connectivity index (χ3v) is 12.3. The van der Waals surface area contributed by atoms with E-state index in [0.29, 0.717) is 45.4 Å². The molecule has 0 spiro atoms. The number of hydrogen-bond acceptors (Lipinski definition) is 3. The van der Waals surface area contributed by atoms with Gasteiger partial charge >= 0.3 is 6.18 Å². The molecule has 0 aliphatic carbocycles. The predicted molar refractivity (Wildman–Crippen MR) is 235 cm³/mol. The molecule has 2 aromatic heterocycles. The van der Waals surface area contributed by atoms with Crippen molar-refractivity contribution in [2.45, 2.75) is 50.9 Å². The summed E-state index contributed by atoms with van der Waals surface area (Å²) in [7, 11) is 3.48. The minimum absolute atomic E-state index is 0.0156. The number of amides is 2. The number of likely N-dealkylation sites (N-methyl/N-ethyl adjacent to an activating group) is 1. The number of anilines is 1. The minimum Gasteiger partial charge on any atom is -0.348 e. The van der Waals surface area contributed by atoms with Gasteiger partial charge in [0, 0.05) is 104 Å². The van der Waals surface area contributed by atoms with E-state index in [1.54, 1.807) is 43.3 Å². The van der Waals surface area contributed by atoms with Gasteiger partial charge < -0.3 is 29.2 Å². The topological polar surface area (TPSA) is 65.8 Å². The molecule has 0 bridgehead atoms. The number of nitrogens with zero attached hydrogens (tertiary/aromatic N) is 5. The molecule has 6 aromatic rings. The monoisotopic (exact) mass is 860 g/mol. The molecule has 2 aliphatic rings. The van der Waals surface area contributed by atoms with E-state index in [-0.39, 0.29) is 24.3 Å². The standard InChI is InChI=1S/C24H25F3N4OS.C21H20Cl2N2O/c1-29(2)22(32)15-31-14-20(19-8-3-4-9-21(19)31)16-10-11-30(13-16)23(33)28-18-7-5-6-17(12-18)24(25,26)27;1-2-24-13-17(16-5-3-4-6-20(16)24)15-9-10-25(12-15)21(26)14-7-8-18(22)19(23)11-14/h3-9,12,14,16H,10-11,13,15H2,1-2H3,(H,28,33);3-8,11,13,15H,2,9-10,12H2,1H3. The minimum atomic E-state index is -4.40. The van der Waals surface area contributed by atoms with E-state index in [1.165, 1.54) is 22.5 Å². The maximum atomic E-state index is 13.0. The summed E-state index contributed by atoms with van der Waals surface area (Å²) in [5.41, 5.74) is 4.96. The number of nitrogens with one attached hydrogen (secondary N) is 1. The molecule has 2 saturated heterocycles. The van der Waals surface area contributed by atoms with Gasteiger partial charge in [0.15, 0.2) is 5.11 Å². The van der Waals surface area contributed by atoms with Crippen LogP contribution in [0.5, 0.6) is 0 Å². The fraction of sp³-hybridized carbons (Fsp3) is 0.311. The number of likely N-dealkylation sites (tertiary alicyclic amines) is 2. The number of hydrogen-bond donors (Lipinski definition) is 1. The first kappa shape index (κ1) is 42.1. The second kappa shape index (κ2) is 17.7. The van der Waals surface area contributed by atoms with Gasteiger partial charge in [-0.3, -0.25) is 9.59 Å². The average Bonchev–Trinajstić information content (AvgIpc) is 4.04. The number of aromatic nitrogens is 2. The van der Waals surface area contributed by atoms with Crippen LogP contribution < -0.4 is 5.32 Å². The Morgan fingerprint density at radius 1 is 0.780 bits per heavy atom. The van der Waals surface area contributed by atoms with Gasteiger partial charge in [0.05, 0.1) is 15.6 Å². The normalized spacial score (nSPS) is 16.7. The van der Waals surface area contributed by atoms with Gasteiger partial charge in [-0.05, 0) is 91.6 Å². The summed E-state index contributed by atoms with van der Waals surface area (Å²) in [4.78, 5) is 30.6. The molecule has 2 unspecified atom stereocenters. The van der Waals surface area contributed by atoms with Gasteiger partial charge in [0.2, 0.25) is 5.91 Å². The third kappa shape index (κ3) is 9.25. The largest absolute Gasteiger partial charge is 0.416 e. The summed E-state index contributed by atoms with van der Waals surface area (Å²) in [6.07, 6.45) is 1.73. The van der Waals surface area contributed by atoms with Crippen LogP contribution in [0.4, 0.5) is 18.9 Å². The number of halogens is 5. The fourth-order valence-corrected chi connectivity index (χ4v) is 8.65. The number of thiocarbonyl (C=S) groups is 1. The molecule has 59 heavy (non-hydrogen) atoms. The summed E-state index contributed by atoms with van der Waals surface area (Å²) in [6.45, 7) is 6.21. The maximum Gasteiger partial charge on any atom is 0.416 e. The number of alkyl halides is 3.